The zero-order chi connectivity index (χ0) is 18.0. The maximum Gasteiger partial charge on any atom is 0.221 e. The Labute approximate surface area is 152 Å². The van der Waals surface area contributed by atoms with Crippen LogP contribution in [0.4, 0.5) is 4.39 Å². The van der Waals surface area contributed by atoms with E-state index in [2.05, 4.69) is 37.9 Å². The lowest BCUT2D eigenvalue weighted by Crippen LogP contribution is -2.17. The van der Waals surface area contributed by atoms with E-state index in [1.807, 2.05) is 12.1 Å². The molecule has 0 saturated heterocycles. The Morgan fingerprint density at radius 3 is 2.56 bits per heavy atom. The van der Waals surface area contributed by atoms with Crippen LogP contribution >= 0.6 is 11.6 Å². The molecule has 1 unspecified atom stereocenters. The topological polar surface area (TPSA) is 30.8 Å². The summed E-state index contributed by atoms with van der Waals surface area (Å²) in [7, 11) is 0. The van der Waals surface area contributed by atoms with Crippen molar-refractivity contribution in [1.82, 2.24) is 0 Å². The molecule has 0 fully saturated rings. The minimum absolute atomic E-state index is 0.107. The Hall–Kier alpha value is -2.07. The average molecular weight is 362 g/mol. The number of aliphatic imine (C=N–C) groups is 1. The fourth-order valence-corrected chi connectivity index (χ4v) is 2.83. The quantitative estimate of drug-likeness (QED) is 0.767. The lowest BCUT2D eigenvalue weighted by atomic mass is 9.87. The third kappa shape index (κ3) is 4.13. The van der Waals surface area contributed by atoms with E-state index in [1.165, 1.54) is 11.6 Å². The summed E-state index contributed by atoms with van der Waals surface area (Å²) < 4.78 is 25.2. The van der Waals surface area contributed by atoms with E-state index >= 15 is 0 Å². The first kappa shape index (κ1) is 17.7. The SMILES string of the molecule is CC(C)(C)c1ccc(OCC2COC(c3c(F)cccc3Cl)=N2)cc1. The van der Waals surface area contributed by atoms with Gasteiger partial charge in [0.1, 0.15) is 30.8 Å². The van der Waals surface area contributed by atoms with Crippen molar-refractivity contribution in [3.05, 3.63) is 64.4 Å². The van der Waals surface area contributed by atoms with Crippen LogP contribution in [-0.2, 0) is 10.2 Å². The molecule has 5 heteroatoms. The molecule has 0 aromatic heterocycles. The molecule has 0 amide bonds. The van der Waals surface area contributed by atoms with Crippen LogP contribution < -0.4 is 4.74 Å². The van der Waals surface area contributed by atoms with Gasteiger partial charge in [-0.25, -0.2) is 9.38 Å². The first-order valence-corrected chi connectivity index (χ1v) is 8.61. The molecular formula is C20H21ClFNO2. The van der Waals surface area contributed by atoms with Gasteiger partial charge in [-0.15, -0.1) is 0 Å². The van der Waals surface area contributed by atoms with Crippen molar-refractivity contribution in [2.24, 2.45) is 4.99 Å². The van der Waals surface area contributed by atoms with Gasteiger partial charge in [0.2, 0.25) is 5.90 Å². The van der Waals surface area contributed by atoms with Gasteiger partial charge in [0.05, 0.1) is 10.6 Å². The molecule has 25 heavy (non-hydrogen) atoms. The normalized spacial score (nSPS) is 17.2. The Morgan fingerprint density at radius 2 is 1.92 bits per heavy atom. The van der Waals surface area contributed by atoms with E-state index < -0.39 is 5.82 Å². The van der Waals surface area contributed by atoms with Crippen LogP contribution in [-0.4, -0.2) is 25.2 Å². The van der Waals surface area contributed by atoms with Gasteiger partial charge in [-0.3, -0.25) is 0 Å². The molecule has 132 valence electrons. The van der Waals surface area contributed by atoms with E-state index in [9.17, 15) is 4.39 Å². The van der Waals surface area contributed by atoms with Crippen molar-refractivity contribution in [3.63, 3.8) is 0 Å². The standard InChI is InChI=1S/C20H21ClFNO2/c1-20(2,3)13-7-9-15(10-8-13)24-11-14-12-25-19(23-14)18-16(21)5-4-6-17(18)22/h4-10,14H,11-12H2,1-3H3. The fourth-order valence-electron chi connectivity index (χ4n) is 2.58. The first-order chi connectivity index (χ1) is 11.8. The summed E-state index contributed by atoms with van der Waals surface area (Å²) in [5, 5.41) is 0.290. The van der Waals surface area contributed by atoms with E-state index in [0.717, 1.165) is 5.75 Å². The Morgan fingerprint density at radius 1 is 1.20 bits per heavy atom. The molecule has 2 aromatic rings. The highest BCUT2D eigenvalue weighted by Gasteiger charge is 2.25. The molecule has 1 atom stereocenters. The van der Waals surface area contributed by atoms with E-state index in [4.69, 9.17) is 21.1 Å². The third-order valence-corrected chi connectivity index (χ3v) is 4.37. The van der Waals surface area contributed by atoms with Gasteiger partial charge in [0.15, 0.2) is 0 Å². The second kappa shape index (κ2) is 7.04. The van der Waals surface area contributed by atoms with Crippen LogP contribution in [0.15, 0.2) is 47.5 Å². The number of hydrogen-bond donors (Lipinski definition) is 0. The summed E-state index contributed by atoms with van der Waals surface area (Å²) in [6, 6.07) is 12.4. The van der Waals surface area contributed by atoms with E-state index in [-0.39, 0.29) is 27.9 Å². The number of ether oxygens (including phenoxy) is 2. The lowest BCUT2D eigenvalue weighted by Gasteiger charge is -2.19. The Kier molecular flexibility index (Phi) is 5.00. The highest BCUT2D eigenvalue weighted by molar-refractivity contribution is 6.33. The van der Waals surface area contributed by atoms with Gasteiger partial charge >= 0.3 is 0 Å². The number of rotatable bonds is 4. The molecule has 0 spiro atoms. The average Bonchev–Trinajstić information content (AvgIpc) is 3.01. The second-order valence-electron chi connectivity index (χ2n) is 7.08. The van der Waals surface area contributed by atoms with Crippen molar-refractivity contribution in [3.8, 4) is 5.75 Å². The van der Waals surface area contributed by atoms with Gasteiger partial charge in [-0.1, -0.05) is 50.6 Å². The second-order valence-corrected chi connectivity index (χ2v) is 7.49. The minimum atomic E-state index is -0.439. The van der Waals surface area contributed by atoms with Gasteiger partial charge < -0.3 is 9.47 Å². The summed E-state index contributed by atoms with van der Waals surface area (Å²) in [4.78, 5) is 4.40. The van der Waals surface area contributed by atoms with Gasteiger partial charge in [0.25, 0.3) is 0 Å². The zero-order valence-corrected chi connectivity index (χ0v) is 15.3. The summed E-state index contributed by atoms with van der Waals surface area (Å²) in [5.41, 5.74) is 1.57. The zero-order valence-electron chi connectivity index (χ0n) is 14.6. The van der Waals surface area contributed by atoms with Crippen LogP contribution in [0.5, 0.6) is 5.75 Å². The van der Waals surface area contributed by atoms with Crippen molar-refractivity contribution < 1.29 is 13.9 Å². The number of halogens is 2. The Balaban J connectivity index is 1.64. The molecule has 1 aliphatic heterocycles. The molecule has 0 saturated carbocycles. The van der Waals surface area contributed by atoms with Crippen LogP contribution in [0.3, 0.4) is 0 Å². The smallest absolute Gasteiger partial charge is 0.221 e. The highest BCUT2D eigenvalue weighted by atomic mass is 35.5. The number of benzene rings is 2. The van der Waals surface area contributed by atoms with Gasteiger partial charge in [0, 0.05) is 0 Å². The predicted molar refractivity (Wildman–Crippen MR) is 98.3 cm³/mol. The van der Waals surface area contributed by atoms with E-state index in [0.29, 0.717) is 13.2 Å². The third-order valence-electron chi connectivity index (χ3n) is 4.05. The lowest BCUT2D eigenvalue weighted by molar-refractivity contribution is 0.243. The molecule has 2 aromatic carbocycles. The van der Waals surface area contributed by atoms with E-state index in [1.54, 1.807) is 12.1 Å². The summed E-state index contributed by atoms with van der Waals surface area (Å²) in [6.45, 7) is 7.22. The fraction of sp³-hybridized carbons (Fsp3) is 0.350. The monoisotopic (exact) mass is 361 g/mol. The van der Waals surface area contributed by atoms with Crippen molar-refractivity contribution in [1.29, 1.82) is 0 Å². The highest BCUT2D eigenvalue weighted by Crippen LogP contribution is 2.25. The molecule has 0 bridgehead atoms. The maximum absolute atomic E-state index is 13.9. The summed E-state index contributed by atoms with van der Waals surface area (Å²) in [6.07, 6.45) is 0. The molecule has 0 radical (unpaired) electrons. The summed E-state index contributed by atoms with van der Waals surface area (Å²) >= 11 is 6.05. The molecule has 3 nitrogen and oxygen atoms in total. The number of hydrogen-bond acceptors (Lipinski definition) is 3. The van der Waals surface area contributed by atoms with Gasteiger partial charge in [-0.05, 0) is 35.2 Å². The molecule has 0 aliphatic carbocycles. The van der Waals surface area contributed by atoms with Crippen LogP contribution in [0.1, 0.15) is 31.9 Å². The molecule has 1 heterocycles. The minimum Gasteiger partial charge on any atom is -0.491 e. The van der Waals surface area contributed by atoms with Gasteiger partial charge in [-0.2, -0.15) is 0 Å². The Bertz CT molecular complexity index is 761. The molecule has 1 aliphatic rings. The van der Waals surface area contributed by atoms with Crippen molar-refractivity contribution in [2.45, 2.75) is 32.2 Å². The predicted octanol–water partition coefficient (Wildman–Crippen LogP) is 5.00. The largest absolute Gasteiger partial charge is 0.491 e. The van der Waals surface area contributed by atoms with Crippen LogP contribution in [0, 0.1) is 5.82 Å². The molecular weight excluding hydrogens is 341 g/mol. The van der Waals surface area contributed by atoms with Crippen LogP contribution in [0.25, 0.3) is 0 Å². The summed E-state index contributed by atoms with van der Waals surface area (Å²) in [5.74, 6) is 0.575. The molecule has 3 rings (SSSR count). The van der Waals surface area contributed by atoms with Crippen LogP contribution in [0.2, 0.25) is 5.02 Å². The maximum atomic E-state index is 13.9. The first-order valence-electron chi connectivity index (χ1n) is 8.23. The van der Waals surface area contributed by atoms with Crippen molar-refractivity contribution >= 4 is 17.5 Å². The molecule has 0 N–H and O–H groups in total. The number of nitrogens with zero attached hydrogens (tertiary/aromatic N) is 1. The van der Waals surface area contributed by atoms with Crippen molar-refractivity contribution in [2.75, 3.05) is 13.2 Å².